The van der Waals surface area contributed by atoms with E-state index in [9.17, 15) is 17.6 Å². The maximum absolute atomic E-state index is 14.3. The predicted octanol–water partition coefficient (Wildman–Crippen LogP) is 4.01. The zero-order valence-electron chi connectivity index (χ0n) is 12.7. The average Bonchev–Trinajstić information content (AvgIpc) is 2.75. The van der Waals surface area contributed by atoms with Crippen LogP contribution in [0.5, 0.6) is 0 Å². The van der Waals surface area contributed by atoms with Crippen molar-refractivity contribution in [2.24, 2.45) is 0 Å². The van der Waals surface area contributed by atoms with E-state index in [1.54, 1.807) is 6.07 Å². The molecule has 0 unspecified atom stereocenters. The van der Waals surface area contributed by atoms with Crippen LogP contribution in [0.1, 0.15) is 5.69 Å². The number of hydrogen-bond acceptors (Lipinski definition) is 1. The Morgan fingerprint density at radius 1 is 0.917 bits per heavy atom. The van der Waals surface area contributed by atoms with Gasteiger partial charge in [0.25, 0.3) is 0 Å². The second kappa shape index (κ2) is 5.63. The molecule has 2 heterocycles. The fraction of sp³-hybridized carbons (Fsp3) is 0.222. The van der Waals surface area contributed by atoms with E-state index in [0.717, 1.165) is 30.6 Å². The minimum absolute atomic E-state index is 0.231. The number of benzene rings is 2. The first-order chi connectivity index (χ1) is 11.6. The van der Waals surface area contributed by atoms with Crippen LogP contribution in [0.2, 0.25) is 0 Å². The molecular weight excluding hydrogens is 320 g/mol. The Morgan fingerprint density at radius 3 is 2.58 bits per heavy atom. The highest BCUT2D eigenvalue weighted by molar-refractivity contribution is 5.95. The maximum atomic E-state index is 14.3. The van der Waals surface area contributed by atoms with Crippen molar-refractivity contribution in [1.29, 1.82) is 0 Å². The lowest BCUT2D eigenvalue weighted by atomic mass is 10.0. The lowest BCUT2D eigenvalue weighted by Crippen LogP contribution is -2.17. The number of hydrogen-bond donors (Lipinski definition) is 1. The molecule has 6 heteroatoms. The molecule has 1 aliphatic heterocycles. The molecule has 1 aromatic heterocycles. The van der Waals surface area contributed by atoms with Crippen molar-refractivity contribution in [3.05, 3.63) is 59.3 Å². The lowest BCUT2D eigenvalue weighted by Gasteiger charge is -2.12. The third-order valence-electron chi connectivity index (χ3n) is 4.46. The second-order valence-electron chi connectivity index (χ2n) is 5.87. The minimum atomic E-state index is -1.66. The van der Waals surface area contributed by atoms with E-state index < -0.39 is 28.8 Å². The third kappa shape index (κ3) is 2.21. The molecule has 3 aromatic rings. The van der Waals surface area contributed by atoms with Crippen molar-refractivity contribution >= 4 is 10.9 Å². The Hall–Kier alpha value is -2.34. The highest BCUT2D eigenvalue weighted by Crippen LogP contribution is 2.36. The maximum Gasteiger partial charge on any atom is 0.195 e. The van der Waals surface area contributed by atoms with Crippen LogP contribution in [-0.4, -0.2) is 17.7 Å². The van der Waals surface area contributed by atoms with Gasteiger partial charge in [-0.1, -0.05) is 18.2 Å². The van der Waals surface area contributed by atoms with Crippen LogP contribution in [0.3, 0.4) is 0 Å². The van der Waals surface area contributed by atoms with Crippen LogP contribution >= 0.6 is 0 Å². The molecule has 24 heavy (non-hydrogen) atoms. The van der Waals surface area contributed by atoms with E-state index in [2.05, 4.69) is 5.32 Å². The molecule has 0 saturated carbocycles. The first-order valence-corrected chi connectivity index (χ1v) is 7.73. The Morgan fingerprint density at radius 2 is 1.75 bits per heavy atom. The zero-order valence-corrected chi connectivity index (χ0v) is 12.7. The van der Waals surface area contributed by atoms with Crippen molar-refractivity contribution in [3.63, 3.8) is 0 Å². The van der Waals surface area contributed by atoms with Gasteiger partial charge in [-0.25, -0.2) is 17.6 Å². The van der Waals surface area contributed by atoms with Crippen molar-refractivity contribution in [2.75, 3.05) is 13.1 Å². The Kier molecular flexibility index (Phi) is 3.57. The first-order valence-electron chi connectivity index (χ1n) is 7.73. The molecule has 0 radical (unpaired) electrons. The van der Waals surface area contributed by atoms with Crippen LogP contribution < -0.4 is 5.32 Å². The van der Waals surface area contributed by atoms with Gasteiger partial charge in [0.05, 0.1) is 11.1 Å². The van der Waals surface area contributed by atoms with Crippen molar-refractivity contribution in [2.45, 2.75) is 13.0 Å². The molecule has 1 aliphatic rings. The van der Waals surface area contributed by atoms with Gasteiger partial charge in [-0.05, 0) is 6.07 Å². The fourth-order valence-corrected chi connectivity index (χ4v) is 3.39. The van der Waals surface area contributed by atoms with Crippen molar-refractivity contribution in [1.82, 2.24) is 9.88 Å². The summed E-state index contributed by atoms with van der Waals surface area (Å²) in [5.74, 6) is -5.80. The van der Waals surface area contributed by atoms with E-state index in [-0.39, 0.29) is 5.56 Å². The molecule has 0 fully saturated rings. The molecule has 0 atom stereocenters. The van der Waals surface area contributed by atoms with Crippen molar-refractivity contribution in [3.8, 4) is 11.1 Å². The van der Waals surface area contributed by atoms with Gasteiger partial charge in [0, 0.05) is 48.8 Å². The van der Waals surface area contributed by atoms with Crippen LogP contribution in [0, 0.1) is 23.3 Å². The molecule has 0 amide bonds. The summed E-state index contributed by atoms with van der Waals surface area (Å²) in [6.07, 6.45) is 0.789. The summed E-state index contributed by atoms with van der Waals surface area (Å²) in [6, 6.07) is 7.41. The molecular formula is C18H14F4N2. The number of halogens is 4. The number of nitrogens with one attached hydrogen (secondary N) is 1. The standard InChI is InChI=1S/C18H14F4N2/c19-13-9-14(20)16(21)17(22)15(13)12-3-1-2-10-8-11-4-5-23-6-7-24(11)18(10)12/h1-3,8-9,23H,4-7H2. The summed E-state index contributed by atoms with van der Waals surface area (Å²) in [5.41, 5.74) is 1.39. The van der Waals surface area contributed by atoms with Gasteiger partial charge in [0.1, 0.15) is 5.82 Å². The van der Waals surface area contributed by atoms with E-state index in [0.29, 0.717) is 18.1 Å². The predicted molar refractivity (Wildman–Crippen MR) is 83.8 cm³/mol. The molecule has 0 aliphatic carbocycles. The van der Waals surface area contributed by atoms with Crippen molar-refractivity contribution < 1.29 is 17.6 Å². The van der Waals surface area contributed by atoms with Crippen LogP contribution in [-0.2, 0) is 13.0 Å². The Bertz CT molecular complexity index is 946. The molecule has 0 saturated heterocycles. The van der Waals surface area contributed by atoms with Gasteiger partial charge >= 0.3 is 0 Å². The highest BCUT2D eigenvalue weighted by Gasteiger charge is 2.23. The molecule has 1 N–H and O–H groups in total. The smallest absolute Gasteiger partial charge is 0.195 e. The minimum Gasteiger partial charge on any atom is -0.343 e. The van der Waals surface area contributed by atoms with Crippen LogP contribution in [0.4, 0.5) is 17.6 Å². The van der Waals surface area contributed by atoms with Gasteiger partial charge in [0.15, 0.2) is 17.5 Å². The van der Waals surface area contributed by atoms with Gasteiger partial charge < -0.3 is 9.88 Å². The van der Waals surface area contributed by atoms with E-state index in [4.69, 9.17) is 0 Å². The van der Waals surface area contributed by atoms with Gasteiger partial charge in [-0.15, -0.1) is 0 Å². The SMILES string of the molecule is Fc1cc(F)c(-c2cccc3cc4n(c23)CCNCC4)c(F)c1F. The third-order valence-corrected chi connectivity index (χ3v) is 4.46. The number of para-hydroxylation sites is 1. The lowest BCUT2D eigenvalue weighted by molar-refractivity contribution is 0.437. The topological polar surface area (TPSA) is 17.0 Å². The Balaban J connectivity index is 2.05. The fourth-order valence-electron chi connectivity index (χ4n) is 3.39. The number of fused-ring (bicyclic) bond motifs is 3. The Labute approximate surface area is 135 Å². The molecule has 0 bridgehead atoms. The molecule has 2 nitrogen and oxygen atoms in total. The quantitative estimate of drug-likeness (QED) is 0.404. The number of nitrogens with zero attached hydrogens (tertiary/aromatic N) is 1. The van der Waals surface area contributed by atoms with E-state index >= 15 is 0 Å². The van der Waals surface area contributed by atoms with Gasteiger partial charge in [-0.3, -0.25) is 0 Å². The normalized spacial score (nSPS) is 14.7. The average molecular weight is 334 g/mol. The highest BCUT2D eigenvalue weighted by atomic mass is 19.2. The molecule has 2 aromatic carbocycles. The first kappa shape index (κ1) is 15.2. The number of rotatable bonds is 1. The largest absolute Gasteiger partial charge is 0.343 e. The summed E-state index contributed by atoms with van der Waals surface area (Å²) in [5, 5.41) is 4.09. The second-order valence-corrected chi connectivity index (χ2v) is 5.87. The van der Waals surface area contributed by atoms with Gasteiger partial charge in [0.2, 0.25) is 0 Å². The van der Waals surface area contributed by atoms with Gasteiger partial charge in [-0.2, -0.15) is 0 Å². The zero-order chi connectivity index (χ0) is 16.8. The summed E-state index contributed by atoms with van der Waals surface area (Å²) < 4.78 is 57.4. The van der Waals surface area contributed by atoms with Crippen LogP contribution in [0.15, 0.2) is 30.3 Å². The summed E-state index contributed by atoms with van der Waals surface area (Å²) >= 11 is 0. The molecule has 124 valence electrons. The summed E-state index contributed by atoms with van der Waals surface area (Å²) in [6.45, 7) is 2.19. The monoisotopic (exact) mass is 334 g/mol. The number of aromatic nitrogens is 1. The summed E-state index contributed by atoms with van der Waals surface area (Å²) in [4.78, 5) is 0. The molecule has 0 spiro atoms. The summed E-state index contributed by atoms with van der Waals surface area (Å²) in [7, 11) is 0. The van der Waals surface area contributed by atoms with E-state index in [1.807, 2.05) is 16.7 Å². The molecule has 4 rings (SSSR count). The van der Waals surface area contributed by atoms with Crippen LogP contribution in [0.25, 0.3) is 22.0 Å². The van der Waals surface area contributed by atoms with E-state index in [1.165, 1.54) is 6.07 Å².